The average molecular weight is 417 g/mol. The van der Waals surface area contributed by atoms with Gasteiger partial charge in [-0.05, 0) is 60.2 Å². The molecule has 0 unspecified atom stereocenters. The van der Waals surface area contributed by atoms with Gasteiger partial charge in [-0.2, -0.15) is 0 Å². The van der Waals surface area contributed by atoms with Crippen LogP contribution in [0.2, 0.25) is 0 Å². The number of para-hydroxylation sites is 2. The van der Waals surface area contributed by atoms with Crippen molar-refractivity contribution in [3.63, 3.8) is 0 Å². The molecule has 0 heterocycles. The topological polar surface area (TPSA) is 73.9 Å². The number of ketones is 1. The summed E-state index contributed by atoms with van der Waals surface area (Å²) in [7, 11) is 3.12. The van der Waals surface area contributed by atoms with Crippen molar-refractivity contribution in [2.24, 2.45) is 0 Å². The van der Waals surface area contributed by atoms with Crippen LogP contribution < -0.4 is 19.5 Å². The van der Waals surface area contributed by atoms with Gasteiger partial charge in [-0.15, -0.1) is 0 Å². The maximum absolute atomic E-state index is 12.3. The Morgan fingerprint density at radius 2 is 1.52 bits per heavy atom. The van der Waals surface area contributed by atoms with E-state index in [1.807, 2.05) is 18.2 Å². The molecule has 1 N–H and O–H groups in total. The lowest BCUT2D eigenvalue weighted by atomic mass is 10.1. The third-order valence-electron chi connectivity index (χ3n) is 4.42. The molecule has 0 fully saturated rings. The fraction of sp³-hybridized carbons (Fsp3) is 0.120. The standard InChI is InChI=1S/C25H23NO5/c1-29-21-14-10-19(11-15-21)22(27)16-9-18-7-12-20(13-8-18)26-25(28)17-31-24-6-4-3-5-23(24)30-2/h3-16H,17H2,1-2H3,(H,26,28)/b16-9+. The van der Waals surface area contributed by atoms with Gasteiger partial charge in [-0.25, -0.2) is 0 Å². The molecule has 0 aliphatic rings. The number of carbonyl (C=O) groups excluding carboxylic acids is 2. The minimum Gasteiger partial charge on any atom is -0.497 e. The molecule has 6 nitrogen and oxygen atoms in total. The minimum absolute atomic E-state index is 0.103. The predicted octanol–water partition coefficient (Wildman–Crippen LogP) is 4.62. The first-order valence-corrected chi connectivity index (χ1v) is 9.61. The van der Waals surface area contributed by atoms with Gasteiger partial charge >= 0.3 is 0 Å². The van der Waals surface area contributed by atoms with Crippen LogP contribution in [0.25, 0.3) is 6.08 Å². The van der Waals surface area contributed by atoms with Crippen molar-refractivity contribution in [3.05, 3.63) is 90.0 Å². The quantitative estimate of drug-likeness (QED) is 0.406. The Labute approximate surface area is 181 Å². The minimum atomic E-state index is -0.288. The molecule has 3 aromatic carbocycles. The van der Waals surface area contributed by atoms with E-state index in [2.05, 4.69) is 5.32 Å². The van der Waals surface area contributed by atoms with Gasteiger partial charge in [0.05, 0.1) is 14.2 Å². The number of carbonyl (C=O) groups is 2. The van der Waals surface area contributed by atoms with Gasteiger partial charge < -0.3 is 19.5 Å². The van der Waals surface area contributed by atoms with Crippen molar-refractivity contribution in [3.8, 4) is 17.2 Å². The maximum Gasteiger partial charge on any atom is 0.262 e. The number of hydrogen-bond acceptors (Lipinski definition) is 5. The second-order valence-corrected chi connectivity index (χ2v) is 6.54. The molecule has 3 rings (SSSR count). The zero-order valence-electron chi connectivity index (χ0n) is 17.3. The molecular formula is C25H23NO5. The van der Waals surface area contributed by atoms with E-state index in [-0.39, 0.29) is 18.3 Å². The van der Waals surface area contributed by atoms with E-state index in [0.717, 1.165) is 5.56 Å². The van der Waals surface area contributed by atoms with E-state index in [1.165, 1.54) is 6.08 Å². The normalized spacial score (nSPS) is 10.5. The molecule has 0 radical (unpaired) electrons. The predicted molar refractivity (Wildman–Crippen MR) is 120 cm³/mol. The molecule has 0 spiro atoms. The highest BCUT2D eigenvalue weighted by molar-refractivity contribution is 6.06. The lowest BCUT2D eigenvalue weighted by Crippen LogP contribution is -2.20. The Kier molecular flexibility index (Phi) is 7.43. The molecule has 0 aromatic heterocycles. The largest absolute Gasteiger partial charge is 0.497 e. The Balaban J connectivity index is 1.52. The van der Waals surface area contributed by atoms with Gasteiger partial charge in [0, 0.05) is 11.3 Å². The van der Waals surface area contributed by atoms with Gasteiger partial charge in [-0.1, -0.05) is 30.3 Å². The molecule has 0 bridgehead atoms. The van der Waals surface area contributed by atoms with Crippen molar-refractivity contribution in [2.75, 3.05) is 26.1 Å². The average Bonchev–Trinajstić information content (AvgIpc) is 2.82. The van der Waals surface area contributed by atoms with E-state index in [0.29, 0.717) is 28.5 Å². The highest BCUT2D eigenvalue weighted by Gasteiger charge is 2.07. The molecule has 158 valence electrons. The molecule has 1 amide bonds. The number of ether oxygens (including phenoxy) is 3. The summed E-state index contributed by atoms with van der Waals surface area (Å²) in [6.45, 7) is -0.140. The van der Waals surface area contributed by atoms with Crippen LogP contribution in [-0.2, 0) is 4.79 Å². The zero-order valence-corrected chi connectivity index (χ0v) is 17.3. The van der Waals surface area contributed by atoms with Crippen LogP contribution in [0.1, 0.15) is 15.9 Å². The van der Waals surface area contributed by atoms with Crippen LogP contribution in [0.3, 0.4) is 0 Å². The third kappa shape index (κ3) is 6.21. The number of rotatable bonds is 9. The summed E-state index contributed by atoms with van der Waals surface area (Å²) in [5.41, 5.74) is 2.05. The fourth-order valence-electron chi connectivity index (χ4n) is 2.78. The molecule has 31 heavy (non-hydrogen) atoms. The Hall–Kier alpha value is -4.06. The monoisotopic (exact) mass is 417 g/mol. The van der Waals surface area contributed by atoms with Crippen molar-refractivity contribution in [1.82, 2.24) is 0 Å². The van der Waals surface area contributed by atoms with Crippen LogP contribution in [0.15, 0.2) is 78.9 Å². The molecule has 0 saturated carbocycles. The van der Waals surface area contributed by atoms with Gasteiger partial charge in [-0.3, -0.25) is 9.59 Å². The highest BCUT2D eigenvalue weighted by atomic mass is 16.5. The van der Waals surface area contributed by atoms with Crippen molar-refractivity contribution in [2.45, 2.75) is 0 Å². The number of allylic oxidation sites excluding steroid dienone is 1. The van der Waals surface area contributed by atoms with Crippen LogP contribution >= 0.6 is 0 Å². The second-order valence-electron chi connectivity index (χ2n) is 6.54. The number of anilines is 1. The van der Waals surface area contributed by atoms with Gasteiger partial charge in [0.25, 0.3) is 5.91 Å². The van der Waals surface area contributed by atoms with Crippen molar-refractivity contribution in [1.29, 1.82) is 0 Å². The summed E-state index contributed by atoms with van der Waals surface area (Å²) >= 11 is 0. The summed E-state index contributed by atoms with van der Waals surface area (Å²) in [6, 6.07) is 21.2. The molecule has 0 aliphatic heterocycles. The van der Waals surface area contributed by atoms with Crippen molar-refractivity contribution >= 4 is 23.5 Å². The summed E-state index contributed by atoms with van der Waals surface area (Å²) in [6.07, 6.45) is 3.24. The SMILES string of the molecule is COc1ccc(C(=O)/C=C/c2ccc(NC(=O)COc3ccccc3OC)cc2)cc1. The van der Waals surface area contributed by atoms with E-state index in [4.69, 9.17) is 14.2 Å². The second kappa shape index (κ2) is 10.6. The number of hydrogen-bond donors (Lipinski definition) is 1. The van der Waals surface area contributed by atoms with Gasteiger partial charge in [0.1, 0.15) is 5.75 Å². The lowest BCUT2D eigenvalue weighted by molar-refractivity contribution is -0.118. The molecule has 6 heteroatoms. The van der Waals surface area contributed by atoms with Crippen LogP contribution in [-0.4, -0.2) is 32.5 Å². The Morgan fingerprint density at radius 1 is 0.839 bits per heavy atom. The van der Waals surface area contributed by atoms with Crippen LogP contribution in [0.4, 0.5) is 5.69 Å². The van der Waals surface area contributed by atoms with E-state index in [9.17, 15) is 9.59 Å². The van der Waals surface area contributed by atoms with E-state index < -0.39 is 0 Å². The first-order valence-electron chi connectivity index (χ1n) is 9.61. The number of amides is 1. The third-order valence-corrected chi connectivity index (χ3v) is 4.42. The van der Waals surface area contributed by atoms with Gasteiger partial charge in [0.2, 0.25) is 0 Å². The summed E-state index contributed by atoms with van der Waals surface area (Å²) in [5.74, 6) is 1.38. The highest BCUT2D eigenvalue weighted by Crippen LogP contribution is 2.25. The Morgan fingerprint density at radius 3 is 2.16 bits per heavy atom. The first-order chi connectivity index (χ1) is 15.1. The molecule has 3 aromatic rings. The van der Waals surface area contributed by atoms with Crippen LogP contribution in [0.5, 0.6) is 17.2 Å². The summed E-state index contributed by atoms with van der Waals surface area (Å²) in [5, 5.41) is 2.77. The number of benzene rings is 3. The number of nitrogens with one attached hydrogen (secondary N) is 1. The molecule has 0 aliphatic carbocycles. The Bertz CT molecular complexity index is 1060. The molecular weight excluding hydrogens is 394 g/mol. The summed E-state index contributed by atoms with van der Waals surface area (Å²) < 4.78 is 15.8. The fourth-order valence-corrected chi connectivity index (χ4v) is 2.78. The zero-order chi connectivity index (χ0) is 22.1. The van der Waals surface area contributed by atoms with Crippen LogP contribution in [0, 0.1) is 0 Å². The summed E-state index contributed by atoms with van der Waals surface area (Å²) in [4.78, 5) is 24.4. The molecule has 0 saturated heterocycles. The lowest BCUT2D eigenvalue weighted by Gasteiger charge is -2.10. The maximum atomic E-state index is 12.3. The number of methoxy groups -OCH3 is 2. The van der Waals surface area contributed by atoms with E-state index in [1.54, 1.807) is 74.9 Å². The first kappa shape index (κ1) is 21.6. The smallest absolute Gasteiger partial charge is 0.262 e. The molecule has 0 atom stereocenters. The van der Waals surface area contributed by atoms with Gasteiger partial charge in [0.15, 0.2) is 23.9 Å². The van der Waals surface area contributed by atoms with E-state index >= 15 is 0 Å². The van der Waals surface area contributed by atoms with Crippen molar-refractivity contribution < 1.29 is 23.8 Å².